The molecule has 3 aromatic carbocycles. The second-order valence-corrected chi connectivity index (χ2v) is 11.9. The predicted molar refractivity (Wildman–Crippen MR) is 143 cm³/mol. The molecular weight excluding hydrogens is 512 g/mol. The van der Waals surface area contributed by atoms with Crippen LogP contribution in [0.1, 0.15) is 31.9 Å². The molecule has 200 valence electrons. The van der Waals surface area contributed by atoms with E-state index in [2.05, 4.69) is 5.32 Å². The van der Waals surface area contributed by atoms with Crippen molar-refractivity contribution in [3.63, 3.8) is 0 Å². The van der Waals surface area contributed by atoms with Gasteiger partial charge in [0.2, 0.25) is 0 Å². The topological polar surface area (TPSA) is 80.6 Å². The summed E-state index contributed by atoms with van der Waals surface area (Å²) in [5.41, 5.74) is 1.54. The van der Waals surface area contributed by atoms with Gasteiger partial charge in [-0.3, -0.25) is 0 Å². The number of fused-ring (bicyclic) bond motifs is 1. The Morgan fingerprint density at radius 3 is 2.45 bits per heavy atom. The van der Waals surface area contributed by atoms with E-state index < -0.39 is 33.4 Å². The third kappa shape index (κ3) is 5.80. The molecule has 0 fully saturated rings. The number of aryl methyl sites for hydroxylation is 1. The first-order chi connectivity index (χ1) is 17.7. The monoisotopic (exact) mass is 541 g/mol. The van der Waals surface area contributed by atoms with Crippen molar-refractivity contribution in [1.82, 2.24) is 8.87 Å². The van der Waals surface area contributed by atoms with Gasteiger partial charge >= 0.3 is 6.09 Å². The highest BCUT2D eigenvalue weighted by Gasteiger charge is 2.25. The van der Waals surface area contributed by atoms with Crippen LogP contribution >= 0.6 is 0 Å². The number of nitrogens with zero attached hydrogens (tertiary/aromatic N) is 2. The number of benzene rings is 3. The highest BCUT2D eigenvalue weighted by molar-refractivity contribution is 7.90. The molecule has 0 saturated heterocycles. The van der Waals surface area contributed by atoms with Crippen LogP contribution in [0.5, 0.6) is 0 Å². The van der Waals surface area contributed by atoms with Crippen LogP contribution in [0.15, 0.2) is 71.8 Å². The van der Waals surface area contributed by atoms with Crippen LogP contribution in [-0.4, -0.2) is 36.0 Å². The van der Waals surface area contributed by atoms with Crippen LogP contribution in [0, 0.1) is 18.6 Å². The van der Waals surface area contributed by atoms with E-state index in [4.69, 9.17) is 4.74 Å². The van der Waals surface area contributed by atoms with E-state index in [0.29, 0.717) is 16.6 Å². The standard InChI is InChI=1S/C28H29F2N3O4S/c1-18-9-12-25(24(30)13-18)31-21-10-11-23-19(16-32(5)27(34)37-28(2,3)4)17-33(26(23)15-21)38(35,36)22-8-6-7-20(29)14-22/h6-15,17,31H,16H2,1-5H3. The van der Waals surface area contributed by atoms with Gasteiger partial charge in [-0.05, 0) is 81.3 Å². The van der Waals surface area contributed by atoms with Crippen molar-refractivity contribution in [2.75, 3.05) is 12.4 Å². The molecule has 38 heavy (non-hydrogen) atoms. The molecule has 0 aliphatic rings. The number of carbonyl (C=O) groups is 1. The lowest BCUT2D eigenvalue weighted by atomic mass is 10.1. The second kappa shape index (κ2) is 10.1. The molecule has 0 bridgehead atoms. The summed E-state index contributed by atoms with van der Waals surface area (Å²) in [6, 6.07) is 14.4. The number of nitrogens with one attached hydrogen (secondary N) is 1. The van der Waals surface area contributed by atoms with Crippen LogP contribution < -0.4 is 5.32 Å². The second-order valence-electron chi connectivity index (χ2n) is 10.1. The summed E-state index contributed by atoms with van der Waals surface area (Å²) in [4.78, 5) is 13.7. The molecule has 0 unspecified atom stereocenters. The molecule has 0 spiro atoms. The molecule has 0 atom stereocenters. The number of ether oxygens (including phenoxy) is 1. The molecule has 7 nitrogen and oxygen atoms in total. The number of hydrogen-bond acceptors (Lipinski definition) is 5. The lowest BCUT2D eigenvalue weighted by Gasteiger charge is -2.24. The Bertz CT molecular complexity index is 1630. The molecule has 0 saturated carbocycles. The SMILES string of the molecule is Cc1ccc(Nc2ccc3c(CN(C)C(=O)OC(C)(C)C)cn(S(=O)(=O)c4cccc(F)c4)c3c2)c(F)c1. The first kappa shape index (κ1) is 27.1. The van der Waals surface area contributed by atoms with Gasteiger partial charge in [-0.1, -0.05) is 18.2 Å². The number of rotatable bonds is 6. The zero-order valence-electron chi connectivity index (χ0n) is 21.7. The highest BCUT2D eigenvalue weighted by atomic mass is 32.2. The molecule has 1 N–H and O–H groups in total. The third-order valence-corrected chi connectivity index (χ3v) is 7.39. The number of halogens is 2. The van der Waals surface area contributed by atoms with Crippen LogP contribution in [0.25, 0.3) is 10.9 Å². The maximum atomic E-state index is 14.5. The van der Waals surface area contributed by atoms with E-state index in [-0.39, 0.29) is 22.6 Å². The van der Waals surface area contributed by atoms with Gasteiger partial charge in [0.25, 0.3) is 10.0 Å². The van der Waals surface area contributed by atoms with Gasteiger partial charge in [0.05, 0.1) is 22.6 Å². The van der Waals surface area contributed by atoms with Crippen LogP contribution in [-0.2, 0) is 21.3 Å². The Labute approximate surface area is 220 Å². The smallest absolute Gasteiger partial charge is 0.410 e. The molecule has 4 aromatic rings. The number of hydrogen-bond donors (Lipinski definition) is 1. The van der Waals surface area contributed by atoms with E-state index >= 15 is 0 Å². The van der Waals surface area contributed by atoms with E-state index in [0.717, 1.165) is 21.7 Å². The summed E-state index contributed by atoms with van der Waals surface area (Å²) in [6.45, 7) is 7.08. The Kier molecular flexibility index (Phi) is 7.20. The fraction of sp³-hybridized carbons (Fsp3) is 0.250. The molecule has 4 rings (SSSR count). The lowest BCUT2D eigenvalue weighted by Crippen LogP contribution is -2.33. The first-order valence-corrected chi connectivity index (χ1v) is 13.3. The normalized spacial score (nSPS) is 12.0. The first-order valence-electron chi connectivity index (χ1n) is 11.9. The van der Waals surface area contributed by atoms with Crippen molar-refractivity contribution in [1.29, 1.82) is 0 Å². The number of amides is 1. The minimum Gasteiger partial charge on any atom is -0.444 e. The molecule has 1 heterocycles. The van der Waals surface area contributed by atoms with Crippen molar-refractivity contribution in [2.24, 2.45) is 0 Å². The van der Waals surface area contributed by atoms with E-state index in [1.807, 2.05) is 0 Å². The molecule has 10 heteroatoms. The highest BCUT2D eigenvalue weighted by Crippen LogP contribution is 2.31. The van der Waals surface area contributed by atoms with Gasteiger partial charge in [-0.2, -0.15) is 0 Å². The fourth-order valence-electron chi connectivity index (χ4n) is 3.95. The van der Waals surface area contributed by atoms with Crippen LogP contribution in [0.3, 0.4) is 0 Å². The summed E-state index contributed by atoms with van der Waals surface area (Å²) >= 11 is 0. The summed E-state index contributed by atoms with van der Waals surface area (Å²) in [6.07, 6.45) is 0.835. The molecule has 0 aliphatic carbocycles. The average Bonchev–Trinajstić information content (AvgIpc) is 3.18. The van der Waals surface area contributed by atoms with Gasteiger partial charge in [-0.15, -0.1) is 0 Å². The lowest BCUT2D eigenvalue weighted by molar-refractivity contribution is 0.0286. The number of aromatic nitrogens is 1. The molecular formula is C28H29F2N3O4S. The van der Waals surface area contributed by atoms with Gasteiger partial charge in [-0.25, -0.2) is 26.0 Å². The molecule has 1 amide bonds. The number of carbonyl (C=O) groups excluding carboxylic acids is 1. The minimum atomic E-state index is -4.22. The Morgan fingerprint density at radius 2 is 1.79 bits per heavy atom. The third-order valence-electron chi connectivity index (χ3n) is 5.72. The van der Waals surface area contributed by atoms with Crippen molar-refractivity contribution in [3.8, 4) is 0 Å². The largest absolute Gasteiger partial charge is 0.444 e. The number of anilines is 2. The van der Waals surface area contributed by atoms with E-state index in [1.165, 1.54) is 29.3 Å². The Hall–Kier alpha value is -3.92. The zero-order chi connectivity index (χ0) is 27.8. The maximum absolute atomic E-state index is 14.5. The fourth-order valence-corrected chi connectivity index (χ4v) is 5.36. The maximum Gasteiger partial charge on any atom is 0.410 e. The van der Waals surface area contributed by atoms with Gasteiger partial charge in [0.15, 0.2) is 0 Å². The summed E-state index contributed by atoms with van der Waals surface area (Å²) in [5.74, 6) is -1.14. The van der Waals surface area contributed by atoms with E-state index in [1.54, 1.807) is 65.1 Å². The predicted octanol–water partition coefficient (Wildman–Crippen LogP) is 6.58. The average molecular weight is 542 g/mol. The van der Waals surface area contributed by atoms with Gasteiger partial charge < -0.3 is 15.0 Å². The molecule has 0 aliphatic heterocycles. The van der Waals surface area contributed by atoms with Crippen LogP contribution in [0.4, 0.5) is 25.0 Å². The summed E-state index contributed by atoms with van der Waals surface area (Å²) < 4.78 is 62.0. The summed E-state index contributed by atoms with van der Waals surface area (Å²) in [5, 5.41) is 3.54. The van der Waals surface area contributed by atoms with Crippen molar-refractivity contribution >= 4 is 38.4 Å². The van der Waals surface area contributed by atoms with Gasteiger partial charge in [0.1, 0.15) is 17.2 Å². The summed E-state index contributed by atoms with van der Waals surface area (Å²) in [7, 11) is -2.67. The van der Waals surface area contributed by atoms with Crippen molar-refractivity contribution < 1.29 is 26.7 Å². The zero-order valence-corrected chi connectivity index (χ0v) is 22.6. The Morgan fingerprint density at radius 1 is 1.05 bits per heavy atom. The molecule has 1 aromatic heterocycles. The Balaban J connectivity index is 1.81. The molecule has 0 radical (unpaired) electrons. The van der Waals surface area contributed by atoms with Crippen molar-refractivity contribution in [2.45, 2.75) is 44.7 Å². The van der Waals surface area contributed by atoms with E-state index in [9.17, 15) is 22.0 Å². The minimum absolute atomic E-state index is 0.0520. The van der Waals surface area contributed by atoms with Gasteiger partial charge in [0, 0.05) is 24.3 Å². The van der Waals surface area contributed by atoms with Crippen molar-refractivity contribution in [3.05, 3.63) is 89.6 Å². The van der Waals surface area contributed by atoms with Crippen LogP contribution in [0.2, 0.25) is 0 Å². The quantitative estimate of drug-likeness (QED) is 0.298.